The highest BCUT2D eigenvalue weighted by molar-refractivity contribution is 5.76. The van der Waals surface area contributed by atoms with Gasteiger partial charge in [-0.25, -0.2) is 4.68 Å². The Morgan fingerprint density at radius 1 is 1.16 bits per heavy atom. The summed E-state index contributed by atoms with van der Waals surface area (Å²) >= 11 is 0. The van der Waals surface area contributed by atoms with Crippen molar-refractivity contribution in [3.63, 3.8) is 0 Å². The minimum Gasteiger partial charge on any atom is -0.352 e. The topological polar surface area (TPSA) is 64.0 Å². The minimum atomic E-state index is -0.257. The molecule has 0 saturated heterocycles. The van der Waals surface area contributed by atoms with Gasteiger partial charge in [0.2, 0.25) is 5.91 Å². The van der Waals surface area contributed by atoms with Gasteiger partial charge >= 0.3 is 0 Å². The Balaban J connectivity index is 1.77. The van der Waals surface area contributed by atoms with E-state index in [4.69, 9.17) is 0 Å². The fourth-order valence-electron chi connectivity index (χ4n) is 3.46. The first-order chi connectivity index (χ1) is 12.0. The van der Waals surface area contributed by atoms with Gasteiger partial charge in [-0.2, -0.15) is 5.10 Å². The maximum absolute atomic E-state index is 12.3. The van der Waals surface area contributed by atoms with Gasteiger partial charge in [0.1, 0.15) is 6.54 Å². The van der Waals surface area contributed by atoms with E-state index in [9.17, 15) is 9.59 Å². The maximum Gasteiger partial charge on any atom is 0.267 e. The van der Waals surface area contributed by atoms with Gasteiger partial charge in [-0.1, -0.05) is 43.0 Å². The number of carbonyl (C=O) groups excluding carboxylic acids is 1. The molecule has 1 N–H and O–H groups in total. The maximum atomic E-state index is 12.3. The first-order valence-electron chi connectivity index (χ1n) is 8.98. The van der Waals surface area contributed by atoms with Crippen LogP contribution >= 0.6 is 0 Å². The smallest absolute Gasteiger partial charge is 0.267 e. The van der Waals surface area contributed by atoms with E-state index < -0.39 is 0 Å². The molecular weight excluding hydrogens is 314 g/mol. The van der Waals surface area contributed by atoms with Crippen LogP contribution < -0.4 is 10.9 Å². The molecule has 0 bridgehead atoms. The van der Waals surface area contributed by atoms with E-state index in [0.717, 1.165) is 36.8 Å². The van der Waals surface area contributed by atoms with Gasteiger partial charge in [0.05, 0.1) is 5.69 Å². The second-order valence-electron chi connectivity index (χ2n) is 6.94. The lowest BCUT2D eigenvalue weighted by molar-refractivity contribution is -0.122. The molecule has 1 heterocycles. The molecule has 1 fully saturated rings. The molecule has 1 amide bonds. The van der Waals surface area contributed by atoms with E-state index in [0.29, 0.717) is 5.69 Å². The van der Waals surface area contributed by atoms with Crippen molar-refractivity contribution in [2.75, 3.05) is 0 Å². The Bertz CT molecular complexity index is 820. The average Bonchev–Trinajstić information content (AvgIpc) is 2.58. The van der Waals surface area contributed by atoms with E-state index in [2.05, 4.69) is 16.5 Å². The number of rotatable bonds is 4. The SMILES string of the molecule is Cc1ccc(-c2ccc(=O)n(CC(=O)NC3CCCCC3)n2)c(C)c1. The van der Waals surface area contributed by atoms with Crippen LogP contribution in [0.2, 0.25) is 0 Å². The van der Waals surface area contributed by atoms with Crippen LogP contribution in [0.15, 0.2) is 35.1 Å². The molecule has 132 valence electrons. The molecule has 0 radical (unpaired) electrons. The number of nitrogens with one attached hydrogen (secondary N) is 1. The van der Waals surface area contributed by atoms with Crippen molar-refractivity contribution in [2.24, 2.45) is 0 Å². The Labute approximate surface area is 148 Å². The van der Waals surface area contributed by atoms with Crippen molar-refractivity contribution >= 4 is 5.91 Å². The van der Waals surface area contributed by atoms with Crippen LogP contribution in [0, 0.1) is 13.8 Å². The zero-order valence-corrected chi connectivity index (χ0v) is 14.9. The van der Waals surface area contributed by atoms with Crippen molar-refractivity contribution in [1.29, 1.82) is 0 Å². The van der Waals surface area contributed by atoms with E-state index in [1.54, 1.807) is 6.07 Å². The number of hydrogen-bond acceptors (Lipinski definition) is 3. The summed E-state index contributed by atoms with van der Waals surface area (Å²) in [5.74, 6) is -0.140. The summed E-state index contributed by atoms with van der Waals surface area (Å²) in [6.45, 7) is 4.03. The number of carbonyl (C=O) groups is 1. The molecule has 0 unspecified atom stereocenters. The van der Waals surface area contributed by atoms with Crippen molar-refractivity contribution < 1.29 is 4.79 Å². The Morgan fingerprint density at radius 3 is 2.64 bits per heavy atom. The van der Waals surface area contributed by atoms with E-state index in [-0.39, 0.29) is 24.1 Å². The van der Waals surface area contributed by atoms with Gasteiger partial charge in [0.15, 0.2) is 0 Å². The lowest BCUT2D eigenvalue weighted by atomic mass is 9.95. The van der Waals surface area contributed by atoms with Crippen LogP contribution in [0.25, 0.3) is 11.3 Å². The predicted molar refractivity (Wildman–Crippen MR) is 98.4 cm³/mol. The summed E-state index contributed by atoms with van der Waals surface area (Å²) in [6.07, 6.45) is 5.61. The number of aryl methyl sites for hydroxylation is 2. The molecule has 3 rings (SSSR count). The van der Waals surface area contributed by atoms with Crippen molar-refractivity contribution in [3.8, 4) is 11.3 Å². The highest BCUT2D eigenvalue weighted by atomic mass is 16.2. The van der Waals surface area contributed by atoms with Gasteiger partial charge in [0.25, 0.3) is 5.56 Å². The molecule has 0 atom stereocenters. The fourth-order valence-corrected chi connectivity index (χ4v) is 3.46. The lowest BCUT2D eigenvalue weighted by Gasteiger charge is -2.22. The molecule has 5 nitrogen and oxygen atoms in total. The van der Waals surface area contributed by atoms with Crippen LogP contribution in [0.3, 0.4) is 0 Å². The molecule has 0 spiro atoms. The van der Waals surface area contributed by atoms with Crippen LogP contribution in [-0.2, 0) is 11.3 Å². The predicted octanol–water partition coefficient (Wildman–Crippen LogP) is 2.98. The van der Waals surface area contributed by atoms with Crippen LogP contribution in [0.5, 0.6) is 0 Å². The zero-order chi connectivity index (χ0) is 17.8. The van der Waals surface area contributed by atoms with Gasteiger partial charge < -0.3 is 5.32 Å². The third-order valence-corrected chi connectivity index (χ3v) is 4.79. The minimum absolute atomic E-state index is 0.0336. The Hall–Kier alpha value is -2.43. The first kappa shape index (κ1) is 17.4. The van der Waals surface area contributed by atoms with Crippen molar-refractivity contribution in [2.45, 2.75) is 58.5 Å². The van der Waals surface area contributed by atoms with Crippen LogP contribution in [0.4, 0.5) is 0 Å². The third kappa shape index (κ3) is 4.35. The molecule has 1 aromatic heterocycles. The normalized spacial score (nSPS) is 15.1. The van der Waals surface area contributed by atoms with Gasteiger partial charge in [-0.05, 0) is 38.3 Å². The number of benzene rings is 1. The van der Waals surface area contributed by atoms with E-state index in [1.165, 1.54) is 22.7 Å². The largest absolute Gasteiger partial charge is 0.352 e. The zero-order valence-electron chi connectivity index (χ0n) is 14.9. The molecule has 2 aromatic rings. The number of hydrogen-bond donors (Lipinski definition) is 1. The van der Waals surface area contributed by atoms with Crippen molar-refractivity contribution in [1.82, 2.24) is 15.1 Å². The van der Waals surface area contributed by atoms with Crippen molar-refractivity contribution in [3.05, 3.63) is 51.8 Å². The quantitative estimate of drug-likeness (QED) is 0.931. The lowest BCUT2D eigenvalue weighted by Crippen LogP contribution is -2.40. The fraction of sp³-hybridized carbons (Fsp3) is 0.450. The molecule has 1 saturated carbocycles. The molecule has 25 heavy (non-hydrogen) atoms. The standard InChI is InChI=1S/C20H25N3O2/c1-14-8-9-17(15(2)12-14)18-10-11-20(25)23(22-18)13-19(24)21-16-6-4-3-5-7-16/h8-12,16H,3-7,13H2,1-2H3,(H,21,24). The van der Waals surface area contributed by atoms with Gasteiger partial charge in [-0.15, -0.1) is 0 Å². The second-order valence-corrected chi connectivity index (χ2v) is 6.94. The number of amides is 1. The summed E-state index contributed by atoms with van der Waals surface area (Å²) < 4.78 is 1.26. The summed E-state index contributed by atoms with van der Waals surface area (Å²) in [7, 11) is 0. The third-order valence-electron chi connectivity index (χ3n) is 4.79. The van der Waals surface area contributed by atoms with Gasteiger partial charge in [0, 0.05) is 17.7 Å². The molecule has 1 aliphatic carbocycles. The number of nitrogens with zero attached hydrogens (tertiary/aromatic N) is 2. The Kier molecular flexibility index (Phi) is 5.31. The molecular formula is C20H25N3O2. The highest BCUT2D eigenvalue weighted by Crippen LogP contribution is 2.21. The summed E-state index contributed by atoms with van der Waals surface area (Å²) in [4.78, 5) is 24.4. The first-order valence-corrected chi connectivity index (χ1v) is 8.98. The average molecular weight is 339 g/mol. The summed E-state index contributed by atoms with van der Waals surface area (Å²) in [6, 6.07) is 9.55. The highest BCUT2D eigenvalue weighted by Gasteiger charge is 2.16. The van der Waals surface area contributed by atoms with Crippen LogP contribution in [0.1, 0.15) is 43.2 Å². The summed E-state index contributed by atoms with van der Waals surface area (Å²) in [5.41, 5.74) is 3.72. The molecule has 1 aromatic carbocycles. The van der Waals surface area contributed by atoms with Crippen LogP contribution in [-0.4, -0.2) is 21.7 Å². The molecule has 1 aliphatic rings. The summed E-state index contributed by atoms with van der Waals surface area (Å²) in [5, 5.41) is 7.44. The number of aromatic nitrogens is 2. The Morgan fingerprint density at radius 2 is 1.92 bits per heavy atom. The molecule has 5 heteroatoms. The molecule has 0 aliphatic heterocycles. The second kappa shape index (κ2) is 7.64. The van der Waals surface area contributed by atoms with Gasteiger partial charge in [-0.3, -0.25) is 9.59 Å². The monoisotopic (exact) mass is 339 g/mol. The van der Waals surface area contributed by atoms with E-state index in [1.807, 2.05) is 26.0 Å². The van der Waals surface area contributed by atoms with E-state index >= 15 is 0 Å².